The summed E-state index contributed by atoms with van der Waals surface area (Å²) in [6, 6.07) is -0.622. The van der Waals surface area contributed by atoms with Gasteiger partial charge < -0.3 is 23.8 Å². The Labute approximate surface area is 318 Å². The molecular formula is C44H76NO7+. The molecule has 0 aliphatic rings. The molecule has 0 bridgehead atoms. The number of carboxylic acid groups (broad SMARTS) is 1. The summed E-state index contributed by atoms with van der Waals surface area (Å²) in [5.41, 5.74) is 0. The average Bonchev–Trinajstić information content (AvgIpc) is 3.09. The van der Waals surface area contributed by atoms with Crippen LogP contribution in [0.25, 0.3) is 0 Å². The van der Waals surface area contributed by atoms with E-state index >= 15 is 0 Å². The van der Waals surface area contributed by atoms with Crippen LogP contribution in [0, 0.1) is 0 Å². The van der Waals surface area contributed by atoms with Gasteiger partial charge in [-0.25, -0.2) is 4.79 Å². The zero-order valence-electron chi connectivity index (χ0n) is 33.7. The zero-order chi connectivity index (χ0) is 38.5. The number of esters is 2. The standard InChI is InChI=1S/C44H75NO7/c1-6-8-10-12-14-16-18-20-21-23-25-27-29-31-33-35-43(47)52-40(38-50-37-36-41(44(48)49)45(3,4)5)39-51-42(46)34-32-30-28-26-24-22-19-17-15-13-11-9-7-2/h9,11,13,15-19,22,24,40-41H,6-8,10,12,14,20-21,23,25-39H2,1-5H3/p+1/b11-9+,15-13+,18-16+,19-17+,24-22+. The Kier molecular flexibility index (Phi) is 33.1. The van der Waals surface area contributed by atoms with Crippen molar-refractivity contribution in [1.82, 2.24) is 0 Å². The predicted octanol–water partition coefficient (Wildman–Crippen LogP) is 10.6. The Balaban J connectivity index is 4.47. The molecule has 2 atom stereocenters. The van der Waals surface area contributed by atoms with E-state index in [0.717, 1.165) is 51.4 Å². The molecule has 52 heavy (non-hydrogen) atoms. The molecule has 0 aliphatic carbocycles. The first-order chi connectivity index (χ1) is 25.1. The van der Waals surface area contributed by atoms with Crippen molar-refractivity contribution in [3.63, 3.8) is 0 Å². The number of rotatable bonds is 35. The molecule has 0 heterocycles. The van der Waals surface area contributed by atoms with Gasteiger partial charge in [0.1, 0.15) is 6.61 Å². The minimum atomic E-state index is -0.884. The monoisotopic (exact) mass is 731 g/mol. The number of hydrogen-bond acceptors (Lipinski definition) is 6. The Morgan fingerprint density at radius 3 is 1.67 bits per heavy atom. The number of likely N-dealkylation sites (N-methyl/N-ethyl adjacent to an activating group) is 1. The molecule has 0 aromatic carbocycles. The van der Waals surface area contributed by atoms with Gasteiger partial charge in [0, 0.05) is 19.3 Å². The molecule has 0 rings (SSSR count). The lowest BCUT2D eigenvalue weighted by Crippen LogP contribution is -2.50. The van der Waals surface area contributed by atoms with Gasteiger partial charge in [-0.1, -0.05) is 132 Å². The maximum atomic E-state index is 12.7. The van der Waals surface area contributed by atoms with Crippen LogP contribution >= 0.6 is 0 Å². The van der Waals surface area contributed by atoms with Crippen LogP contribution in [0.15, 0.2) is 60.8 Å². The van der Waals surface area contributed by atoms with Gasteiger partial charge in [-0.15, -0.1) is 0 Å². The van der Waals surface area contributed by atoms with Gasteiger partial charge in [-0.2, -0.15) is 0 Å². The highest BCUT2D eigenvalue weighted by Gasteiger charge is 2.31. The number of carbonyl (C=O) groups excluding carboxylic acids is 2. The first kappa shape index (κ1) is 49.0. The molecule has 0 amide bonds. The van der Waals surface area contributed by atoms with Gasteiger partial charge in [0.25, 0.3) is 0 Å². The Morgan fingerprint density at radius 1 is 0.596 bits per heavy atom. The third kappa shape index (κ3) is 32.9. The van der Waals surface area contributed by atoms with Crippen LogP contribution in [0.2, 0.25) is 0 Å². The molecule has 8 heteroatoms. The highest BCUT2D eigenvalue weighted by atomic mass is 16.6. The molecule has 2 unspecified atom stereocenters. The quantitative estimate of drug-likeness (QED) is 0.0228. The fourth-order valence-corrected chi connectivity index (χ4v) is 5.57. The van der Waals surface area contributed by atoms with Gasteiger partial charge in [-0.05, 0) is 57.8 Å². The Morgan fingerprint density at radius 2 is 1.10 bits per heavy atom. The summed E-state index contributed by atoms with van der Waals surface area (Å²) >= 11 is 0. The minimum Gasteiger partial charge on any atom is -0.477 e. The summed E-state index contributed by atoms with van der Waals surface area (Å²) < 4.78 is 17.2. The van der Waals surface area contributed by atoms with Crippen LogP contribution in [0.1, 0.15) is 149 Å². The minimum absolute atomic E-state index is 0.0442. The molecule has 1 N–H and O–H groups in total. The SMILES string of the molecule is CC/C=C/C=C/C=C/C=C/CCCCCC(=O)OCC(COCCC(C(=O)O)[N+](C)(C)C)OC(=O)CCCCCCCCC/C=C/CCCCCC. The van der Waals surface area contributed by atoms with Gasteiger partial charge >= 0.3 is 17.9 Å². The largest absolute Gasteiger partial charge is 0.477 e. The maximum absolute atomic E-state index is 12.7. The number of unbranched alkanes of at least 4 members (excludes halogenated alkanes) is 14. The zero-order valence-corrected chi connectivity index (χ0v) is 33.7. The van der Waals surface area contributed by atoms with Crippen LogP contribution < -0.4 is 0 Å². The normalized spacial score (nSPS) is 13.6. The molecule has 0 saturated carbocycles. The summed E-state index contributed by atoms with van der Waals surface area (Å²) in [7, 11) is 5.50. The van der Waals surface area contributed by atoms with Crippen molar-refractivity contribution in [2.75, 3.05) is 41.0 Å². The van der Waals surface area contributed by atoms with Crippen molar-refractivity contribution in [2.24, 2.45) is 0 Å². The molecule has 0 spiro atoms. The van der Waals surface area contributed by atoms with Crippen LogP contribution in [0.3, 0.4) is 0 Å². The predicted molar refractivity (Wildman–Crippen MR) is 215 cm³/mol. The number of quaternary nitrogens is 1. The smallest absolute Gasteiger partial charge is 0.362 e. The molecule has 298 valence electrons. The number of nitrogens with zero attached hydrogens (tertiary/aromatic N) is 1. The van der Waals surface area contributed by atoms with Crippen molar-refractivity contribution in [2.45, 2.75) is 161 Å². The van der Waals surface area contributed by atoms with Gasteiger partial charge in [-0.3, -0.25) is 9.59 Å². The van der Waals surface area contributed by atoms with E-state index in [4.69, 9.17) is 14.2 Å². The number of allylic oxidation sites excluding steroid dienone is 10. The third-order valence-corrected chi connectivity index (χ3v) is 8.75. The lowest BCUT2D eigenvalue weighted by atomic mass is 10.1. The summed E-state index contributed by atoms with van der Waals surface area (Å²) in [5, 5.41) is 9.59. The number of ether oxygens (including phenoxy) is 3. The van der Waals surface area contributed by atoms with E-state index in [0.29, 0.717) is 19.3 Å². The average molecular weight is 731 g/mol. The second-order valence-corrected chi connectivity index (χ2v) is 14.6. The maximum Gasteiger partial charge on any atom is 0.362 e. The molecule has 8 nitrogen and oxygen atoms in total. The lowest BCUT2D eigenvalue weighted by Gasteiger charge is -2.31. The highest BCUT2D eigenvalue weighted by Crippen LogP contribution is 2.13. The fourth-order valence-electron chi connectivity index (χ4n) is 5.57. The van der Waals surface area contributed by atoms with E-state index in [9.17, 15) is 19.5 Å². The lowest BCUT2D eigenvalue weighted by molar-refractivity contribution is -0.887. The van der Waals surface area contributed by atoms with Crippen molar-refractivity contribution >= 4 is 17.9 Å². The Hall–Kier alpha value is -2.97. The molecule has 0 radical (unpaired) electrons. The van der Waals surface area contributed by atoms with Crippen molar-refractivity contribution in [3.05, 3.63) is 60.8 Å². The first-order valence-corrected chi connectivity index (χ1v) is 20.4. The summed E-state index contributed by atoms with van der Waals surface area (Å²) in [6.07, 6.45) is 41.2. The first-order valence-electron chi connectivity index (χ1n) is 20.4. The topological polar surface area (TPSA) is 99.1 Å². The van der Waals surface area contributed by atoms with Gasteiger partial charge in [0.05, 0.1) is 34.4 Å². The molecule has 0 fully saturated rings. The van der Waals surface area contributed by atoms with Crippen LogP contribution in [0.5, 0.6) is 0 Å². The van der Waals surface area contributed by atoms with Crippen LogP contribution in [-0.4, -0.2) is 80.6 Å². The van der Waals surface area contributed by atoms with E-state index in [2.05, 4.69) is 38.2 Å². The van der Waals surface area contributed by atoms with E-state index in [-0.39, 0.29) is 36.2 Å². The van der Waals surface area contributed by atoms with E-state index < -0.39 is 18.1 Å². The molecule has 0 aromatic rings. The number of aliphatic carboxylic acids is 1. The molecule has 0 aliphatic heterocycles. The van der Waals surface area contributed by atoms with E-state index in [1.54, 1.807) is 0 Å². The number of hydrogen-bond donors (Lipinski definition) is 1. The summed E-state index contributed by atoms with van der Waals surface area (Å²) in [4.78, 5) is 36.8. The third-order valence-electron chi connectivity index (χ3n) is 8.75. The van der Waals surface area contributed by atoms with E-state index in [1.165, 1.54) is 64.2 Å². The summed E-state index contributed by atoms with van der Waals surface area (Å²) in [6.45, 7) is 4.52. The molecule has 0 saturated heterocycles. The highest BCUT2D eigenvalue weighted by molar-refractivity contribution is 5.72. The fraction of sp³-hybridized carbons (Fsp3) is 0.705. The second kappa shape index (κ2) is 35.1. The van der Waals surface area contributed by atoms with Crippen molar-refractivity contribution in [3.8, 4) is 0 Å². The van der Waals surface area contributed by atoms with Gasteiger partial charge in [0.15, 0.2) is 12.1 Å². The summed E-state index contributed by atoms with van der Waals surface area (Å²) in [5.74, 6) is -1.53. The number of carbonyl (C=O) groups is 3. The molecule has 0 aromatic heterocycles. The molecular weight excluding hydrogens is 654 g/mol. The Bertz CT molecular complexity index is 1040. The van der Waals surface area contributed by atoms with Crippen LogP contribution in [-0.2, 0) is 28.6 Å². The van der Waals surface area contributed by atoms with Crippen molar-refractivity contribution in [1.29, 1.82) is 0 Å². The van der Waals surface area contributed by atoms with Crippen molar-refractivity contribution < 1.29 is 38.2 Å². The van der Waals surface area contributed by atoms with Crippen LogP contribution in [0.4, 0.5) is 0 Å². The second-order valence-electron chi connectivity index (χ2n) is 14.6. The van der Waals surface area contributed by atoms with Gasteiger partial charge in [0.2, 0.25) is 0 Å². The van der Waals surface area contributed by atoms with E-state index in [1.807, 2.05) is 57.6 Å². The number of carboxylic acids is 1.